The normalized spacial score (nSPS) is 11.9. The first-order valence-electron chi connectivity index (χ1n) is 13.0. The number of methoxy groups -OCH3 is 2. The van der Waals surface area contributed by atoms with Crippen LogP contribution in [0.25, 0.3) is 0 Å². The Hall–Kier alpha value is -4.34. The van der Waals surface area contributed by atoms with E-state index >= 15 is 0 Å². The lowest BCUT2D eigenvalue weighted by atomic mass is 9.97. The van der Waals surface area contributed by atoms with E-state index in [1.165, 1.54) is 19.1 Å². The Kier molecular flexibility index (Phi) is 9.57. The molecule has 0 saturated carbocycles. The molecule has 0 spiro atoms. The van der Waals surface area contributed by atoms with Crippen LogP contribution < -0.4 is 25.0 Å². The van der Waals surface area contributed by atoms with Gasteiger partial charge in [-0.15, -0.1) is 0 Å². The second-order valence-corrected chi connectivity index (χ2v) is 10.6. The van der Waals surface area contributed by atoms with Crippen LogP contribution in [0.3, 0.4) is 0 Å². The Balaban J connectivity index is 2.11. The van der Waals surface area contributed by atoms with Crippen LogP contribution in [0.4, 0.5) is 11.5 Å². The van der Waals surface area contributed by atoms with Crippen molar-refractivity contribution in [1.29, 1.82) is 0 Å². The quantitative estimate of drug-likeness (QED) is 0.363. The smallest absolute Gasteiger partial charge is 0.248 e. The summed E-state index contributed by atoms with van der Waals surface area (Å²) in [7, 11) is 2.99. The molecule has 0 unspecified atom stereocenters. The summed E-state index contributed by atoms with van der Waals surface area (Å²) in [5, 5.41) is 9.42. The molecule has 2 aromatic carbocycles. The molecule has 10 heteroatoms. The van der Waals surface area contributed by atoms with Gasteiger partial charge in [0.05, 0.1) is 14.2 Å². The minimum absolute atomic E-state index is 0.130. The highest BCUT2D eigenvalue weighted by Crippen LogP contribution is 2.40. The molecule has 1 atom stereocenters. The van der Waals surface area contributed by atoms with Gasteiger partial charge in [0.15, 0.2) is 17.3 Å². The summed E-state index contributed by atoms with van der Waals surface area (Å²) < 4.78 is 16.2. The third-order valence-corrected chi connectivity index (χ3v) is 6.09. The zero-order valence-corrected chi connectivity index (χ0v) is 24.4. The molecular weight excluding hydrogens is 512 g/mol. The van der Waals surface area contributed by atoms with Crippen LogP contribution in [0.2, 0.25) is 0 Å². The van der Waals surface area contributed by atoms with E-state index in [1.807, 2.05) is 52.8 Å². The molecule has 2 N–H and O–H groups in total. The monoisotopic (exact) mass is 550 g/mol. The minimum Gasteiger partial charge on any atom is -0.493 e. The number of para-hydroxylation sites is 1. The van der Waals surface area contributed by atoms with E-state index in [9.17, 15) is 14.4 Å². The van der Waals surface area contributed by atoms with E-state index in [-0.39, 0.29) is 18.7 Å². The molecule has 1 aromatic heterocycles. The van der Waals surface area contributed by atoms with E-state index < -0.39 is 29.3 Å². The number of hydrogen-bond donors (Lipinski definition) is 2. The van der Waals surface area contributed by atoms with Crippen molar-refractivity contribution in [3.05, 3.63) is 64.9 Å². The van der Waals surface area contributed by atoms with Crippen LogP contribution in [0.1, 0.15) is 62.1 Å². The van der Waals surface area contributed by atoms with Gasteiger partial charge in [-0.05, 0) is 64.8 Å². The molecule has 0 aliphatic carbocycles. The van der Waals surface area contributed by atoms with Crippen molar-refractivity contribution in [3.8, 4) is 11.5 Å². The summed E-state index contributed by atoms with van der Waals surface area (Å²) in [4.78, 5) is 42.2. The fraction of sp³-hybridized carbons (Fsp3) is 0.400. The molecule has 0 aliphatic rings. The van der Waals surface area contributed by atoms with E-state index in [0.29, 0.717) is 28.5 Å². The Morgan fingerprint density at radius 2 is 1.73 bits per heavy atom. The molecule has 3 amide bonds. The minimum atomic E-state index is -1.13. The standard InChI is InChI=1S/C30H38N4O6/c1-18-12-13-19(2)22(16-18)34(26(36)15-14-25(35)31-24-17-20(3)40-33-24)27(29(37)32-30(4,5)6)21-10-9-11-23(38-7)28(21)39-8/h9-13,16-17,27H,14-15H2,1-8H3,(H,32,37)(H,31,33,35)/t27-/m1/s1. The van der Waals surface area contributed by atoms with Gasteiger partial charge < -0.3 is 24.6 Å². The van der Waals surface area contributed by atoms with Crippen molar-refractivity contribution in [2.45, 2.75) is 66.0 Å². The molecule has 0 fully saturated rings. The summed E-state index contributed by atoms with van der Waals surface area (Å²) in [6.45, 7) is 11.1. The van der Waals surface area contributed by atoms with Crippen LogP contribution in [-0.4, -0.2) is 42.6 Å². The number of amides is 3. The maximum absolute atomic E-state index is 14.1. The van der Waals surface area contributed by atoms with Crippen molar-refractivity contribution in [2.24, 2.45) is 0 Å². The highest BCUT2D eigenvalue weighted by Gasteiger charge is 2.37. The topological polar surface area (TPSA) is 123 Å². The maximum atomic E-state index is 14.1. The average molecular weight is 551 g/mol. The third kappa shape index (κ3) is 7.40. The van der Waals surface area contributed by atoms with Crippen molar-refractivity contribution >= 4 is 29.2 Å². The Labute approximate surface area is 235 Å². The van der Waals surface area contributed by atoms with Crippen LogP contribution in [0, 0.1) is 20.8 Å². The number of ether oxygens (including phenoxy) is 2. The lowest BCUT2D eigenvalue weighted by Gasteiger charge is -2.35. The van der Waals surface area contributed by atoms with Crippen molar-refractivity contribution in [2.75, 3.05) is 24.4 Å². The predicted molar refractivity (Wildman–Crippen MR) is 153 cm³/mol. The van der Waals surface area contributed by atoms with E-state index in [4.69, 9.17) is 14.0 Å². The Bertz CT molecular complexity index is 1370. The number of benzene rings is 2. The third-order valence-electron chi connectivity index (χ3n) is 6.09. The summed E-state index contributed by atoms with van der Waals surface area (Å²) in [5.74, 6) is 0.343. The largest absolute Gasteiger partial charge is 0.493 e. The molecule has 0 saturated heterocycles. The first kappa shape index (κ1) is 30.2. The lowest BCUT2D eigenvalue weighted by molar-refractivity contribution is -0.128. The van der Waals surface area contributed by atoms with Gasteiger partial charge in [0, 0.05) is 35.7 Å². The second-order valence-electron chi connectivity index (χ2n) is 10.6. The summed E-state index contributed by atoms with van der Waals surface area (Å²) in [5.41, 5.74) is 2.10. The molecule has 3 rings (SSSR count). The molecule has 0 bridgehead atoms. The van der Waals surface area contributed by atoms with Crippen molar-refractivity contribution in [1.82, 2.24) is 10.5 Å². The number of anilines is 2. The first-order chi connectivity index (χ1) is 18.8. The highest BCUT2D eigenvalue weighted by molar-refractivity contribution is 6.04. The van der Waals surface area contributed by atoms with Crippen molar-refractivity contribution in [3.63, 3.8) is 0 Å². The fourth-order valence-electron chi connectivity index (χ4n) is 4.33. The average Bonchev–Trinajstić information content (AvgIpc) is 3.29. The van der Waals surface area contributed by atoms with Gasteiger partial charge >= 0.3 is 0 Å². The number of hydrogen-bond acceptors (Lipinski definition) is 7. The van der Waals surface area contributed by atoms with Crippen LogP contribution in [0.5, 0.6) is 11.5 Å². The molecule has 3 aromatic rings. The number of rotatable bonds is 10. The molecule has 10 nitrogen and oxygen atoms in total. The number of nitrogens with one attached hydrogen (secondary N) is 2. The van der Waals surface area contributed by atoms with Gasteiger partial charge in [-0.2, -0.15) is 0 Å². The molecule has 0 aliphatic heterocycles. The maximum Gasteiger partial charge on any atom is 0.248 e. The summed E-state index contributed by atoms with van der Waals surface area (Å²) in [6.07, 6.45) is -0.295. The summed E-state index contributed by atoms with van der Waals surface area (Å²) >= 11 is 0. The van der Waals surface area contributed by atoms with Gasteiger partial charge in [0.2, 0.25) is 17.7 Å². The van der Waals surface area contributed by atoms with Gasteiger partial charge in [0.25, 0.3) is 0 Å². The van der Waals surface area contributed by atoms with E-state index in [1.54, 1.807) is 31.2 Å². The SMILES string of the molecule is COc1cccc([C@H](C(=O)NC(C)(C)C)N(C(=O)CCC(=O)Nc2cc(C)on2)c2cc(C)ccc2C)c1OC. The lowest BCUT2D eigenvalue weighted by Crippen LogP contribution is -2.49. The first-order valence-corrected chi connectivity index (χ1v) is 13.0. The van der Waals surface area contributed by atoms with E-state index in [0.717, 1.165) is 11.1 Å². The van der Waals surface area contributed by atoms with E-state index in [2.05, 4.69) is 15.8 Å². The molecule has 0 radical (unpaired) electrons. The Morgan fingerprint density at radius 1 is 1.00 bits per heavy atom. The van der Waals surface area contributed by atoms with Gasteiger partial charge in [-0.3, -0.25) is 19.3 Å². The molecular formula is C30H38N4O6. The van der Waals surface area contributed by atoms with Gasteiger partial charge in [0.1, 0.15) is 11.8 Å². The molecule has 214 valence electrons. The Morgan fingerprint density at radius 3 is 2.33 bits per heavy atom. The van der Waals surface area contributed by atoms with Crippen LogP contribution >= 0.6 is 0 Å². The highest BCUT2D eigenvalue weighted by atomic mass is 16.5. The second kappa shape index (κ2) is 12.7. The number of carbonyl (C=O) groups excluding carboxylic acids is 3. The predicted octanol–water partition coefficient (Wildman–Crippen LogP) is 5.02. The zero-order valence-electron chi connectivity index (χ0n) is 24.4. The zero-order chi connectivity index (χ0) is 29.6. The van der Waals surface area contributed by atoms with Gasteiger partial charge in [-0.1, -0.05) is 29.4 Å². The van der Waals surface area contributed by atoms with Crippen molar-refractivity contribution < 1.29 is 28.4 Å². The van der Waals surface area contributed by atoms with Gasteiger partial charge in [-0.25, -0.2) is 0 Å². The number of aromatic nitrogens is 1. The molecule has 40 heavy (non-hydrogen) atoms. The number of carbonyl (C=O) groups is 3. The van der Waals surface area contributed by atoms with Crippen LogP contribution in [-0.2, 0) is 14.4 Å². The number of nitrogens with zero attached hydrogens (tertiary/aromatic N) is 2. The summed E-state index contributed by atoms with van der Waals surface area (Å²) in [6, 6.07) is 11.4. The molecule has 1 heterocycles. The number of aryl methyl sites for hydroxylation is 3. The fourth-order valence-corrected chi connectivity index (χ4v) is 4.33. The van der Waals surface area contributed by atoms with Crippen LogP contribution in [0.15, 0.2) is 47.0 Å².